The number of hydrogen-bond donors (Lipinski definition) is 2. The number of aromatic nitrogens is 4. The number of imide groups is 2. The fourth-order valence-corrected chi connectivity index (χ4v) is 4.31. The summed E-state index contributed by atoms with van der Waals surface area (Å²) in [4.78, 5) is 69.0. The minimum absolute atomic E-state index is 0.0878. The molecule has 36 heavy (non-hydrogen) atoms. The molecule has 2 fully saturated rings. The molecule has 4 aromatic heterocycles. The standard InChI is InChI=1S/C24H18N8O4/c1-29-21(33)17(9-13-11-27-19-15(13)5-3-7-25-19)31(23(29)35)32-18(22(34)30(2)24(32)36)10-14-12-28-20-16(14)6-4-8-26-20/h3-12H,1-2H3,(H,25,27)(H,26,28)/b17-9-,18-10-. The number of urea groups is 2. The van der Waals surface area contributed by atoms with Crippen LogP contribution >= 0.6 is 0 Å². The summed E-state index contributed by atoms with van der Waals surface area (Å²) in [5.74, 6) is -1.24. The summed E-state index contributed by atoms with van der Waals surface area (Å²) in [5.41, 5.74) is 2.21. The molecule has 0 radical (unpaired) electrons. The second-order valence-electron chi connectivity index (χ2n) is 8.26. The van der Waals surface area contributed by atoms with E-state index >= 15 is 0 Å². The van der Waals surface area contributed by atoms with E-state index in [2.05, 4.69) is 19.9 Å². The molecule has 4 aromatic rings. The van der Waals surface area contributed by atoms with Crippen molar-refractivity contribution in [3.63, 3.8) is 0 Å². The van der Waals surface area contributed by atoms with Crippen molar-refractivity contribution in [2.45, 2.75) is 0 Å². The number of nitrogens with one attached hydrogen (secondary N) is 2. The van der Waals surface area contributed by atoms with Crippen LogP contribution in [0.1, 0.15) is 11.1 Å². The highest BCUT2D eigenvalue weighted by molar-refractivity contribution is 6.18. The highest BCUT2D eigenvalue weighted by atomic mass is 16.2. The van der Waals surface area contributed by atoms with Gasteiger partial charge in [0, 0.05) is 60.8 Å². The summed E-state index contributed by atoms with van der Waals surface area (Å²) in [6.45, 7) is 0. The van der Waals surface area contributed by atoms with Gasteiger partial charge in [0.2, 0.25) is 0 Å². The molecule has 0 unspecified atom stereocenters. The molecule has 2 aliphatic rings. The van der Waals surface area contributed by atoms with Crippen molar-refractivity contribution in [1.29, 1.82) is 0 Å². The molecule has 0 spiro atoms. The third-order valence-corrected chi connectivity index (χ3v) is 6.19. The van der Waals surface area contributed by atoms with Crippen molar-refractivity contribution < 1.29 is 19.2 Å². The monoisotopic (exact) mass is 482 g/mol. The van der Waals surface area contributed by atoms with E-state index in [0.29, 0.717) is 22.4 Å². The maximum absolute atomic E-state index is 13.2. The predicted molar refractivity (Wildman–Crippen MR) is 128 cm³/mol. The maximum atomic E-state index is 13.2. The van der Waals surface area contributed by atoms with Crippen LogP contribution in [0.5, 0.6) is 0 Å². The Kier molecular flexibility index (Phi) is 4.51. The first kappa shape index (κ1) is 21.3. The van der Waals surface area contributed by atoms with Crippen LogP contribution in [0.3, 0.4) is 0 Å². The van der Waals surface area contributed by atoms with Gasteiger partial charge in [-0.2, -0.15) is 10.0 Å². The average Bonchev–Trinajstić information content (AvgIpc) is 3.60. The maximum Gasteiger partial charge on any atom is 0.351 e. The van der Waals surface area contributed by atoms with Gasteiger partial charge in [0.25, 0.3) is 11.8 Å². The van der Waals surface area contributed by atoms with Gasteiger partial charge in [-0.05, 0) is 36.4 Å². The summed E-state index contributed by atoms with van der Waals surface area (Å²) >= 11 is 0. The van der Waals surface area contributed by atoms with E-state index in [1.165, 1.54) is 26.2 Å². The second-order valence-corrected chi connectivity index (χ2v) is 8.26. The van der Waals surface area contributed by atoms with Gasteiger partial charge in [-0.3, -0.25) is 19.4 Å². The Bertz CT molecular complexity index is 1560. The lowest BCUT2D eigenvalue weighted by molar-refractivity contribution is -0.123. The number of fused-ring (bicyclic) bond motifs is 2. The van der Waals surface area contributed by atoms with Crippen LogP contribution in [0.25, 0.3) is 34.2 Å². The number of H-pyrrole nitrogens is 2. The highest BCUT2D eigenvalue weighted by Crippen LogP contribution is 2.34. The summed E-state index contributed by atoms with van der Waals surface area (Å²) in [6.07, 6.45) is 9.54. The Balaban J connectivity index is 1.51. The topological polar surface area (TPSA) is 139 Å². The SMILES string of the molecule is CN1C(=O)/C(=C/c2c[nH]c3ncccc23)N(N2C(=O)N(C)C(=O)/C2=C/c2c[nH]c3ncccc23)C1=O. The number of rotatable bonds is 3. The van der Waals surface area contributed by atoms with E-state index < -0.39 is 23.9 Å². The van der Waals surface area contributed by atoms with Crippen LogP contribution in [0.2, 0.25) is 0 Å². The number of pyridine rings is 2. The lowest BCUT2D eigenvalue weighted by Crippen LogP contribution is -2.45. The first-order valence-electron chi connectivity index (χ1n) is 10.9. The molecule has 0 saturated carbocycles. The van der Waals surface area contributed by atoms with Crippen LogP contribution in [-0.2, 0) is 9.59 Å². The van der Waals surface area contributed by atoms with E-state index in [4.69, 9.17) is 0 Å². The molecule has 6 rings (SSSR count). The Morgan fingerprint density at radius 2 is 1.11 bits per heavy atom. The highest BCUT2D eigenvalue weighted by Gasteiger charge is 2.51. The van der Waals surface area contributed by atoms with Crippen LogP contribution in [0.4, 0.5) is 9.59 Å². The van der Waals surface area contributed by atoms with Gasteiger partial charge in [-0.25, -0.2) is 19.6 Å². The lowest BCUT2D eigenvalue weighted by atomic mass is 10.2. The summed E-state index contributed by atoms with van der Waals surface area (Å²) in [5, 5.41) is 3.31. The van der Waals surface area contributed by atoms with Gasteiger partial charge in [0.15, 0.2) is 0 Å². The number of nitrogens with zero attached hydrogens (tertiary/aromatic N) is 6. The van der Waals surface area contributed by atoms with Crippen LogP contribution < -0.4 is 0 Å². The van der Waals surface area contributed by atoms with Crippen LogP contribution in [0, 0.1) is 0 Å². The number of amides is 6. The molecule has 178 valence electrons. The molecule has 2 N–H and O–H groups in total. The minimum atomic E-state index is -0.771. The predicted octanol–water partition coefficient (Wildman–Crippen LogP) is 2.52. The minimum Gasteiger partial charge on any atom is -0.346 e. The summed E-state index contributed by atoms with van der Waals surface area (Å²) < 4.78 is 0. The quantitative estimate of drug-likeness (QED) is 0.340. The Labute approximate surface area is 203 Å². The molecule has 0 aromatic carbocycles. The molecule has 2 saturated heterocycles. The molecule has 0 atom stereocenters. The smallest absolute Gasteiger partial charge is 0.346 e. The lowest BCUT2D eigenvalue weighted by Gasteiger charge is -2.26. The number of aromatic amines is 2. The number of carbonyl (C=O) groups excluding carboxylic acids is 4. The van der Waals surface area contributed by atoms with Crippen molar-refractivity contribution in [3.8, 4) is 0 Å². The van der Waals surface area contributed by atoms with Crippen molar-refractivity contribution in [2.24, 2.45) is 0 Å². The average molecular weight is 482 g/mol. The Morgan fingerprint density at radius 1 is 0.694 bits per heavy atom. The number of carbonyl (C=O) groups is 4. The third kappa shape index (κ3) is 2.94. The molecule has 0 bridgehead atoms. The molecule has 6 amide bonds. The van der Waals surface area contributed by atoms with Crippen LogP contribution in [0.15, 0.2) is 60.4 Å². The van der Waals surface area contributed by atoms with Crippen molar-refractivity contribution >= 4 is 58.1 Å². The van der Waals surface area contributed by atoms with Gasteiger partial charge in [0.1, 0.15) is 22.7 Å². The van der Waals surface area contributed by atoms with E-state index in [0.717, 1.165) is 30.6 Å². The van der Waals surface area contributed by atoms with E-state index in [1.54, 1.807) is 36.9 Å². The first-order valence-corrected chi connectivity index (χ1v) is 10.9. The molecular formula is C24H18N8O4. The molecule has 0 aliphatic carbocycles. The van der Waals surface area contributed by atoms with E-state index in [-0.39, 0.29) is 11.4 Å². The van der Waals surface area contributed by atoms with Crippen molar-refractivity contribution in [3.05, 3.63) is 71.6 Å². The third-order valence-electron chi connectivity index (χ3n) is 6.19. The normalized spacial score (nSPS) is 18.9. The zero-order valence-electron chi connectivity index (χ0n) is 19.1. The van der Waals surface area contributed by atoms with E-state index in [1.807, 2.05) is 12.1 Å². The fourth-order valence-electron chi connectivity index (χ4n) is 4.31. The van der Waals surface area contributed by atoms with Crippen LogP contribution in [-0.4, -0.2) is 77.7 Å². The van der Waals surface area contributed by atoms with Gasteiger partial charge < -0.3 is 9.97 Å². The van der Waals surface area contributed by atoms with Crippen molar-refractivity contribution in [1.82, 2.24) is 39.8 Å². The summed E-state index contributed by atoms with van der Waals surface area (Å²) in [7, 11) is 2.63. The zero-order valence-corrected chi connectivity index (χ0v) is 19.1. The number of likely N-dealkylation sites (N-methyl/N-ethyl adjacent to an activating group) is 2. The van der Waals surface area contributed by atoms with Gasteiger partial charge in [-0.1, -0.05) is 0 Å². The molecule has 2 aliphatic heterocycles. The fraction of sp³-hybridized carbons (Fsp3) is 0.0833. The second kappa shape index (κ2) is 7.63. The molecular weight excluding hydrogens is 464 g/mol. The largest absolute Gasteiger partial charge is 0.351 e. The molecule has 12 nitrogen and oxygen atoms in total. The van der Waals surface area contributed by atoms with Gasteiger partial charge in [-0.15, -0.1) is 0 Å². The zero-order chi connectivity index (χ0) is 25.1. The Morgan fingerprint density at radius 3 is 1.53 bits per heavy atom. The van der Waals surface area contributed by atoms with Gasteiger partial charge in [0.05, 0.1) is 0 Å². The summed E-state index contributed by atoms with van der Waals surface area (Å²) in [6, 6.07) is 5.58. The molecule has 6 heterocycles. The van der Waals surface area contributed by atoms with E-state index in [9.17, 15) is 19.2 Å². The number of hydrogen-bond acceptors (Lipinski definition) is 6. The van der Waals surface area contributed by atoms with Crippen molar-refractivity contribution in [2.75, 3.05) is 14.1 Å². The van der Waals surface area contributed by atoms with Gasteiger partial charge >= 0.3 is 12.1 Å². The number of hydrazine groups is 1. The Hall–Kier alpha value is -5.26. The first-order chi connectivity index (χ1) is 17.4. The molecule has 12 heteroatoms.